The number of aryl methyl sites for hydroxylation is 3. The number of fused-ring (bicyclic) bond motifs is 3. The van der Waals surface area contributed by atoms with Crippen molar-refractivity contribution in [3.63, 3.8) is 0 Å². The highest BCUT2D eigenvalue weighted by Gasteiger charge is 2.22. The van der Waals surface area contributed by atoms with Crippen LogP contribution in [0.15, 0.2) is 30.6 Å². The first-order chi connectivity index (χ1) is 12.3. The van der Waals surface area contributed by atoms with Crippen molar-refractivity contribution >= 4 is 33.1 Å². The van der Waals surface area contributed by atoms with Gasteiger partial charge in [-0.25, -0.2) is 14.6 Å². The van der Waals surface area contributed by atoms with Crippen LogP contribution in [-0.4, -0.2) is 30.2 Å². The largest absolute Gasteiger partial charge is 0.340 e. The summed E-state index contributed by atoms with van der Waals surface area (Å²) >= 11 is 1.80. The Balaban J connectivity index is 1.59. The van der Waals surface area contributed by atoms with Gasteiger partial charge in [0, 0.05) is 10.6 Å². The minimum atomic E-state index is 0.784. The minimum Gasteiger partial charge on any atom is -0.340 e. The Morgan fingerprint density at radius 1 is 1.20 bits per heavy atom. The Morgan fingerprint density at radius 2 is 2.16 bits per heavy atom. The average Bonchev–Trinajstić information content (AvgIpc) is 3.31. The third kappa shape index (κ3) is 2.45. The van der Waals surface area contributed by atoms with Crippen LogP contribution in [0.1, 0.15) is 22.7 Å². The van der Waals surface area contributed by atoms with E-state index in [2.05, 4.69) is 30.8 Å². The number of thiophene rings is 1. The van der Waals surface area contributed by atoms with E-state index in [1.165, 1.54) is 22.2 Å². The summed E-state index contributed by atoms with van der Waals surface area (Å²) in [5.74, 6) is 1.67. The normalized spacial score (nSPS) is 13.3. The second-order valence-corrected chi connectivity index (χ2v) is 7.17. The van der Waals surface area contributed by atoms with Gasteiger partial charge in [-0.1, -0.05) is 6.07 Å². The zero-order valence-electron chi connectivity index (χ0n) is 13.6. The highest BCUT2D eigenvalue weighted by molar-refractivity contribution is 7.19. The number of anilines is 2. The van der Waals surface area contributed by atoms with E-state index in [1.807, 2.05) is 31.2 Å². The zero-order chi connectivity index (χ0) is 16.8. The Bertz CT molecular complexity index is 1070. The van der Waals surface area contributed by atoms with Crippen LogP contribution in [0, 0.1) is 6.92 Å². The maximum atomic E-state index is 4.68. The van der Waals surface area contributed by atoms with E-state index in [9.17, 15) is 0 Å². The molecule has 0 amide bonds. The molecule has 1 aliphatic carbocycles. The monoisotopic (exact) mass is 349 g/mol. The number of nitrogens with one attached hydrogen (secondary N) is 1. The number of benzene rings is 1. The molecule has 0 saturated carbocycles. The van der Waals surface area contributed by atoms with Crippen LogP contribution >= 0.6 is 11.3 Å². The predicted molar refractivity (Wildman–Crippen MR) is 96.6 cm³/mol. The second-order valence-electron chi connectivity index (χ2n) is 6.09. The van der Waals surface area contributed by atoms with E-state index in [0.717, 1.165) is 40.7 Å². The van der Waals surface area contributed by atoms with Crippen molar-refractivity contribution in [1.29, 1.82) is 0 Å². The van der Waals surface area contributed by atoms with Crippen molar-refractivity contribution in [2.75, 3.05) is 5.32 Å². The number of tetrazole rings is 1. The van der Waals surface area contributed by atoms with E-state index in [4.69, 9.17) is 0 Å². The van der Waals surface area contributed by atoms with Crippen molar-refractivity contribution in [3.05, 3.63) is 46.9 Å². The van der Waals surface area contributed by atoms with Gasteiger partial charge in [0.2, 0.25) is 0 Å². The van der Waals surface area contributed by atoms with E-state index in [-0.39, 0.29) is 0 Å². The quantitative estimate of drug-likeness (QED) is 0.612. The predicted octanol–water partition coefficient (Wildman–Crippen LogP) is 3.21. The average molecular weight is 349 g/mol. The molecule has 0 atom stereocenters. The number of hydrogen-bond acceptors (Lipinski definition) is 7. The first-order valence-electron chi connectivity index (χ1n) is 8.17. The molecule has 8 heteroatoms. The molecule has 124 valence electrons. The molecule has 4 aromatic rings. The molecule has 0 saturated heterocycles. The maximum Gasteiger partial charge on any atom is 0.143 e. The fraction of sp³-hybridized carbons (Fsp3) is 0.235. The fourth-order valence-corrected chi connectivity index (χ4v) is 4.64. The summed E-state index contributed by atoms with van der Waals surface area (Å²) in [5, 5.41) is 16.0. The van der Waals surface area contributed by atoms with E-state index < -0.39 is 0 Å². The molecule has 0 radical (unpaired) electrons. The van der Waals surface area contributed by atoms with Gasteiger partial charge in [0.1, 0.15) is 22.8 Å². The van der Waals surface area contributed by atoms with E-state index in [1.54, 1.807) is 22.3 Å². The third-order valence-electron chi connectivity index (χ3n) is 4.40. The molecule has 0 fully saturated rings. The summed E-state index contributed by atoms with van der Waals surface area (Å²) in [5.41, 5.74) is 3.26. The lowest BCUT2D eigenvalue weighted by molar-refractivity contribution is 0.789. The van der Waals surface area contributed by atoms with Crippen molar-refractivity contribution in [2.24, 2.45) is 0 Å². The Hall–Kier alpha value is -2.87. The summed E-state index contributed by atoms with van der Waals surface area (Å²) < 4.78 is 1.63. The van der Waals surface area contributed by atoms with Gasteiger partial charge in [-0.05, 0) is 60.4 Å². The van der Waals surface area contributed by atoms with E-state index in [0.29, 0.717) is 0 Å². The molecular weight excluding hydrogens is 334 g/mol. The highest BCUT2D eigenvalue weighted by Crippen LogP contribution is 2.40. The second kappa shape index (κ2) is 5.59. The molecule has 3 aromatic heterocycles. The Labute approximate surface area is 147 Å². The Kier molecular flexibility index (Phi) is 3.24. The van der Waals surface area contributed by atoms with Crippen molar-refractivity contribution in [2.45, 2.75) is 26.2 Å². The topological polar surface area (TPSA) is 81.4 Å². The van der Waals surface area contributed by atoms with Gasteiger partial charge < -0.3 is 5.32 Å². The molecule has 0 aliphatic heterocycles. The standard InChI is InChI=1S/C17H15N7S/c1-10-19-16(15-13-6-3-7-14(13)25-17(15)20-10)21-11-4-2-5-12(8-11)24-9-18-22-23-24/h2,4-5,8-9H,3,6-7H2,1H3,(H,19,20,21). The number of aromatic nitrogens is 6. The SMILES string of the molecule is Cc1nc(Nc2cccc(-n3cnnn3)c2)c2c3c(sc2n1)CCC3. The van der Waals surface area contributed by atoms with Crippen LogP contribution in [0.4, 0.5) is 11.5 Å². The fourth-order valence-electron chi connectivity index (χ4n) is 3.34. The zero-order valence-corrected chi connectivity index (χ0v) is 14.4. The molecule has 1 aliphatic rings. The molecule has 1 N–H and O–H groups in total. The summed E-state index contributed by atoms with van der Waals surface area (Å²) in [6.45, 7) is 1.94. The van der Waals surface area contributed by atoms with Gasteiger partial charge in [-0.3, -0.25) is 0 Å². The summed E-state index contributed by atoms with van der Waals surface area (Å²) in [6.07, 6.45) is 5.07. The van der Waals surface area contributed by atoms with Crippen LogP contribution in [0.5, 0.6) is 0 Å². The maximum absolute atomic E-state index is 4.68. The van der Waals surface area contributed by atoms with Crippen LogP contribution < -0.4 is 5.32 Å². The van der Waals surface area contributed by atoms with Crippen LogP contribution in [0.2, 0.25) is 0 Å². The van der Waals surface area contributed by atoms with Crippen LogP contribution in [0.3, 0.4) is 0 Å². The van der Waals surface area contributed by atoms with Crippen molar-refractivity contribution in [3.8, 4) is 5.69 Å². The molecule has 0 bridgehead atoms. The summed E-state index contributed by atoms with van der Waals surface area (Å²) in [6, 6.07) is 7.96. The van der Waals surface area contributed by atoms with Crippen molar-refractivity contribution in [1.82, 2.24) is 30.2 Å². The first kappa shape index (κ1) is 14.5. The van der Waals surface area contributed by atoms with Crippen LogP contribution in [-0.2, 0) is 12.8 Å². The van der Waals surface area contributed by atoms with Gasteiger partial charge in [0.15, 0.2) is 0 Å². The van der Waals surface area contributed by atoms with Gasteiger partial charge in [0.25, 0.3) is 0 Å². The molecular formula is C17H15N7S. The number of nitrogens with zero attached hydrogens (tertiary/aromatic N) is 6. The lowest BCUT2D eigenvalue weighted by Crippen LogP contribution is -2.00. The van der Waals surface area contributed by atoms with Gasteiger partial charge in [-0.2, -0.15) is 0 Å². The lowest BCUT2D eigenvalue weighted by Gasteiger charge is -2.10. The molecule has 0 unspecified atom stereocenters. The Morgan fingerprint density at radius 3 is 3.04 bits per heavy atom. The third-order valence-corrected chi connectivity index (χ3v) is 5.58. The van der Waals surface area contributed by atoms with E-state index >= 15 is 0 Å². The molecule has 7 nitrogen and oxygen atoms in total. The van der Waals surface area contributed by atoms with Gasteiger partial charge in [-0.15, -0.1) is 16.4 Å². The first-order valence-corrected chi connectivity index (χ1v) is 8.99. The molecule has 1 aromatic carbocycles. The summed E-state index contributed by atoms with van der Waals surface area (Å²) in [4.78, 5) is 11.9. The smallest absolute Gasteiger partial charge is 0.143 e. The lowest BCUT2D eigenvalue weighted by atomic mass is 10.2. The van der Waals surface area contributed by atoms with Gasteiger partial charge in [0.05, 0.1) is 11.1 Å². The van der Waals surface area contributed by atoms with Crippen LogP contribution in [0.25, 0.3) is 15.9 Å². The summed E-state index contributed by atoms with van der Waals surface area (Å²) in [7, 11) is 0. The number of hydrogen-bond donors (Lipinski definition) is 1. The molecule has 25 heavy (non-hydrogen) atoms. The minimum absolute atomic E-state index is 0.784. The number of rotatable bonds is 3. The highest BCUT2D eigenvalue weighted by atomic mass is 32.1. The molecule has 3 heterocycles. The molecule has 5 rings (SSSR count). The van der Waals surface area contributed by atoms with Gasteiger partial charge >= 0.3 is 0 Å². The molecule has 0 spiro atoms. The van der Waals surface area contributed by atoms with Crippen molar-refractivity contribution < 1.29 is 0 Å².